The van der Waals surface area contributed by atoms with Crippen LogP contribution < -0.4 is 0 Å². The number of halogens is 2. The van der Waals surface area contributed by atoms with E-state index in [-0.39, 0.29) is 7.29 Å². The summed E-state index contributed by atoms with van der Waals surface area (Å²) >= 11 is 9.58. The van der Waals surface area contributed by atoms with Gasteiger partial charge in [-0.15, -0.1) is 0 Å². The SMILES string of the molecule is CC(C)CC(C)(C)C.ClPCl. The molecular formula is C8H19Cl2P. The van der Waals surface area contributed by atoms with E-state index in [2.05, 4.69) is 34.6 Å². The second-order valence-corrected chi connectivity index (χ2v) is 6.09. The zero-order chi connectivity index (χ0) is 9.49. The van der Waals surface area contributed by atoms with Gasteiger partial charge >= 0.3 is 0 Å². The molecule has 0 aliphatic heterocycles. The Labute approximate surface area is 82.4 Å². The van der Waals surface area contributed by atoms with E-state index in [9.17, 15) is 0 Å². The fourth-order valence-electron chi connectivity index (χ4n) is 1.22. The fraction of sp³-hybridized carbons (Fsp3) is 1.00. The predicted octanol–water partition coefficient (Wildman–Crippen LogP) is 5.05. The lowest BCUT2D eigenvalue weighted by Gasteiger charge is -2.19. The van der Waals surface area contributed by atoms with E-state index in [4.69, 9.17) is 22.5 Å². The summed E-state index contributed by atoms with van der Waals surface area (Å²) in [5.74, 6) is 0.843. The standard InChI is InChI=1S/C8H18.Cl2HP/c1-7(2)6-8(3,4)5;1-3-2/h7H,6H2,1-5H3;3H. The van der Waals surface area contributed by atoms with E-state index in [0.717, 1.165) is 5.92 Å². The summed E-state index contributed by atoms with van der Waals surface area (Å²) in [7, 11) is 0.0278. The van der Waals surface area contributed by atoms with E-state index >= 15 is 0 Å². The van der Waals surface area contributed by atoms with Crippen molar-refractivity contribution < 1.29 is 0 Å². The largest absolute Gasteiger partial charge is 0.0818 e. The molecule has 0 spiro atoms. The third-order valence-corrected chi connectivity index (χ3v) is 1.02. The van der Waals surface area contributed by atoms with Crippen molar-refractivity contribution in [3.63, 3.8) is 0 Å². The van der Waals surface area contributed by atoms with Crippen molar-refractivity contribution in [2.75, 3.05) is 0 Å². The molecule has 0 aromatic heterocycles. The molecule has 70 valence electrons. The molecule has 0 radical (unpaired) electrons. The van der Waals surface area contributed by atoms with Crippen LogP contribution in [0.1, 0.15) is 41.0 Å². The second-order valence-electron chi connectivity index (χ2n) is 4.23. The van der Waals surface area contributed by atoms with Gasteiger partial charge in [-0.25, -0.2) is 0 Å². The third-order valence-electron chi connectivity index (χ3n) is 1.02. The molecule has 0 unspecified atom stereocenters. The van der Waals surface area contributed by atoms with Gasteiger partial charge in [-0.2, -0.15) is 0 Å². The molecule has 0 fully saturated rings. The van der Waals surface area contributed by atoms with Crippen LogP contribution in [0.5, 0.6) is 0 Å². The van der Waals surface area contributed by atoms with Gasteiger partial charge < -0.3 is 0 Å². The highest BCUT2D eigenvalue weighted by Crippen LogP contribution is 2.23. The van der Waals surface area contributed by atoms with Gasteiger partial charge in [-0.1, -0.05) is 57.1 Å². The first-order valence-corrected chi connectivity index (χ1v) is 6.82. The van der Waals surface area contributed by atoms with E-state index in [1.165, 1.54) is 6.42 Å². The minimum absolute atomic E-state index is 0.0278. The Morgan fingerprint density at radius 3 is 1.45 bits per heavy atom. The molecule has 0 N–H and O–H groups in total. The van der Waals surface area contributed by atoms with Crippen LogP contribution in [0.25, 0.3) is 0 Å². The zero-order valence-corrected chi connectivity index (χ0v) is 10.6. The molecule has 0 rings (SSSR count). The first kappa shape index (κ1) is 14.5. The van der Waals surface area contributed by atoms with Gasteiger partial charge in [0, 0.05) is 0 Å². The van der Waals surface area contributed by atoms with Gasteiger partial charge in [0.1, 0.15) is 0 Å². The van der Waals surface area contributed by atoms with E-state index in [1.807, 2.05) is 0 Å². The van der Waals surface area contributed by atoms with Crippen LogP contribution in [0.3, 0.4) is 0 Å². The molecule has 0 saturated heterocycles. The highest BCUT2D eigenvalue weighted by atomic mass is 35.9. The highest BCUT2D eigenvalue weighted by Gasteiger charge is 2.11. The van der Waals surface area contributed by atoms with Crippen molar-refractivity contribution in [2.45, 2.75) is 41.0 Å². The predicted molar refractivity (Wildman–Crippen MR) is 58.9 cm³/mol. The summed E-state index contributed by atoms with van der Waals surface area (Å²) in [5, 5.41) is 0. The molecule has 0 aliphatic carbocycles. The zero-order valence-electron chi connectivity index (χ0n) is 8.04. The average molecular weight is 217 g/mol. The topological polar surface area (TPSA) is 0 Å². The van der Waals surface area contributed by atoms with Crippen molar-refractivity contribution >= 4 is 29.8 Å². The quantitative estimate of drug-likeness (QED) is 0.539. The Morgan fingerprint density at radius 2 is 1.45 bits per heavy atom. The maximum Gasteiger partial charge on any atom is 0.0713 e. The van der Waals surface area contributed by atoms with Crippen LogP contribution in [-0.2, 0) is 0 Å². The second kappa shape index (κ2) is 7.65. The number of rotatable bonds is 1. The summed E-state index contributed by atoms with van der Waals surface area (Å²) in [6, 6.07) is 0. The summed E-state index contributed by atoms with van der Waals surface area (Å²) in [6.45, 7) is 11.4. The molecule has 0 aromatic rings. The van der Waals surface area contributed by atoms with Crippen molar-refractivity contribution in [3.8, 4) is 0 Å². The maximum absolute atomic E-state index is 4.79. The minimum atomic E-state index is 0.0278. The summed E-state index contributed by atoms with van der Waals surface area (Å²) in [6.07, 6.45) is 1.33. The van der Waals surface area contributed by atoms with Gasteiger partial charge in [0.15, 0.2) is 0 Å². The van der Waals surface area contributed by atoms with Gasteiger partial charge in [0.2, 0.25) is 0 Å². The van der Waals surface area contributed by atoms with E-state index in [1.54, 1.807) is 0 Å². The molecule has 3 heteroatoms. The summed E-state index contributed by atoms with van der Waals surface area (Å²) in [4.78, 5) is 0. The Kier molecular flexibility index (Phi) is 10.1. The Hall–Kier alpha value is 1.01. The lowest BCUT2D eigenvalue weighted by Crippen LogP contribution is -2.08. The molecule has 11 heavy (non-hydrogen) atoms. The van der Waals surface area contributed by atoms with E-state index in [0.29, 0.717) is 5.41 Å². The normalized spacial score (nSPS) is 10.9. The van der Waals surface area contributed by atoms with Crippen LogP contribution in [0.15, 0.2) is 0 Å². The van der Waals surface area contributed by atoms with Crippen molar-refractivity contribution in [1.82, 2.24) is 0 Å². The third kappa shape index (κ3) is 24.7. The molecule has 0 aliphatic rings. The molecule has 0 bridgehead atoms. The average Bonchev–Trinajstić information content (AvgIpc) is 1.57. The summed E-state index contributed by atoms with van der Waals surface area (Å²) < 4.78 is 0. The monoisotopic (exact) mass is 216 g/mol. The first-order valence-electron chi connectivity index (χ1n) is 3.79. The molecule has 0 heterocycles. The number of hydrogen-bond acceptors (Lipinski definition) is 0. The van der Waals surface area contributed by atoms with Crippen LogP contribution in [-0.4, -0.2) is 0 Å². The molecule has 0 nitrogen and oxygen atoms in total. The Balaban J connectivity index is 0. The van der Waals surface area contributed by atoms with Gasteiger partial charge in [0.25, 0.3) is 0 Å². The molecular weight excluding hydrogens is 198 g/mol. The van der Waals surface area contributed by atoms with Gasteiger partial charge in [0.05, 0.1) is 7.29 Å². The number of hydrogen-bond donors (Lipinski definition) is 0. The van der Waals surface area contributed by atoms with Crippen LogP contribution in [0, 0.1) is 11.3 Å². The van der Waals surface area contributed by atoms with E-state index < -0.39 is 0 Å². The lowest BCUT2D eigenvalue weighted by atomic mass is 9.86. The minimum Gasteiger partial charge on any atom is -0.0818 e. The van der Waals surface area contributed by atoms with Crippen molar-refractivity contribution in [1.29, 1.82) is 0 Å². The lowest BCUT2D eigenvalue weighted by molar-refractivity contribution is 0.320. The fourth-order valence-corrected chi connectivity index (χ4v) is 1.22. The maximum atomic E-state index is 4.79. The van der Waals surface area contributed by atoms with Crippen LogP contribution in [0.2, 0.25) is 0 Å². The Morgan fingerprint density at radius 1 is 1.18 bits per heavy atom. The first-order chi connectivity index (χ1) is 4.83. The molecule has 0 aromatic carbocycles. The Bertz CT molecular complexity index is 76.7. The molecule has 0 atom stereocenters. The van der Waals surface area contributed by atoms with Crippen LogP contribution in [0.4, 0.5) is 0 Å². The van der Waals surface area contributed by atoms with Crippen molar-refractivity contribution in [3.05, 3.63) is 0 Å². The highest BCUT2D eigenvalue weighted by molar-refractivity contribution is 7.90. The molecule has 0 amide bonds. The van der Waals surface area contributed by atoms with Gasteiger partial charge in [-0.05, 0) is 17.8 Å². The summed E-state index contributed by atoms with van der Waals surface area (Å²) in [5.41, 5.74) is 0.522. The van der Waals surface area contributed by atoms with Crippen molar-refractivity contribution in [2.24, 2.45) is 11.3 Å². The van der Waals surface area contributed by atoms with Gasteiger partial charge in [-0.3, -0.25) is 0 Å². The molecule has 0 saturated carbocycles. The van der Waals surface area contributed by atoms with Crippen LogP contribution >= 0.6 is 29.8 Å². The smallest absolute Gasteiger partial charge is 0.0713 e.